The summed E-state index contributed by atoms with van der Waals surface area (Å²) in [5.41, 5.74) is 0. The molecule has 0 N–H and O–H groups in total. The molecular formula is C4H5Br4NO2. The van der Waals surface area contributed by atoms with Gasteiger partial charge in [-0.25, -0.2) is 0 Å². The number of halogens is 4. The molecule has 0 bridgehead atoms. The van der Waals surface area contributed by atoms with Crippen molar-refractivity contribution in [2.45, 2.75) is 9.28 Å². The monoisotopic (exact) mass is 415 g/mol. The van der Waals surface area contributed by atoms with Crippen LogP contribution in [0.2, 0.25) is 0 Å². The summed E-state index contributed by atoms with van der Waals surface area (Å²) >= 11 is 12.5. The van der Waals surface area contributed by atoms with E-state index >= 15 is 0 Å². The second-order valence-electron chi connectivity index (χ2n) is 1.83. The Bertz CT molecular complexity index is 155. The first-order valence-corrected chi connectivity index (χ1v) is 6.53. The molecule has 66 valence electrons. The highest BCUT2D eigenvalue weighted by Crippen LogP contribution is 2.31. The Kier molecular flexibility index (Phi) is 5.75. The molecule has 0 aliphatic heterocycles. The highest BCUT2D eigenvalue weighted by molar-refractivity contribution is 9.14. The van der Waals surface area contributed by atoms with Crippen molar-refractivity contribution in [3.8, 4) is 0 Å². The van der Waals surface area contributed by atoms with Crippen LogP contribution in [0.4, 0.5) is 0 Å². The molecule has 0 radical (unpaired) electrons. The third-order valence-corrected chi connectivity index (χ3v) is 7.05. The average Bonchev–Trinajstić information content (AvgIpc) is 2.01. The van der Waals surface area contributed by atoms with Crippen LogP contribution in [0.15, 0.2) is 0 Å². The lowest BCUT2D eigenvalue weighted by atomic mass is 10.3. The Balaban J connectivity index is 4.45. The summed E-state index contributed by atoms with van der Waals surface area (Å²) in [5, 5.41) is 11.3. The van der Waals surface area contributed by atoms with Crippen molar-refractivity contribution < 1.29 is 4.92 Å². The van der Waals surface area contributed by atoms with Gasteiger partial charge in [0.1, 0.15) is 4.83 Å². The average molecular weight is 419 g/mol. The number of nitrogens with zero attached hydrogens (tertiary/aromatic N) is 1. The molecule has 0 saturated carbocycles. The van der Waals surface area contributed by atoms with Gasteiger partial charge >= 0.3 is 0 Å². The number of alkyl halides is 4. The molecule has 11 heavy (non-hydrogen) atoms. The van der Waals surface area contributed by atoms with Crippen LogP contribution < -0.4 is 0 Å². The van der Waals surface area contributed by atoms with Gasteiger partial charge in [0.2, 0.25) is 0 Å². The smallest absolute Gasteiger partial charge is 0.263 e. The lowest BCUT2D eigenvalue weighted by Crippen LogP contribution is -2.43. The minimum Gasteiger partial charge on any atom is -0.263 e. The summed E-state index contributed by atoms with van der Waals surface area (Å²) in [5.74, 6) is 0. The molecule has 0 fully saturated rings. The van der Waals surface area contributed by atoms with Crippen LogP contribution in [0, 0.1) is 10.1 Å². The molecule has 0 aromatic heterocycles. The van der Waals surface area contributed by atoms with Gasteiger partial charge in [0.05, 0.1) is 5.33 Å². The van der Waals surface area contributed by atoms with Gasteiger partial charge in [0, 0.05) is 26.2 Å². The first kappa shape index (κ1) is 12.3. The fourth-order valence-electron chi connectivity index (χ4n) is 0.365. The van der Waals surface area contributed by atoms with Gasteiger partial charge in [-0.1, -0.05) is 47.8 Å². The summed E-state index contributed by atoms with van der Waals surface area (Å²) in [6.07, 6.45) is 0. The van der Waals surface area contributed by atoms with Gasteiger partial charge in [-0.15, -0.1) is 0 Å². The lowest BCUT2D eigenvalue weighted by Gasteiger charge is -2.19. The largest absolute Gasteiger partial charge is 0.297 e. The van der Waals surface area contributed by atoms with E-state index in [2.05, 4.69) is 63.7 Å². The Hall–Kier alpha value is 1.32. The molecule has 3 nitrogen and oxygen atoms in total. The summed E-state index contributed by atoms with van der Waals surface area (Å²) in [6, 6.07) is 0. The van der Waals surface area contributed by atoms with Crippen LogP contribution in [0.5, 0.6) is 0 Å². The fraction of sp³-hybridized carbons (Fsp3) is 1.00. The van der Waals surface area contributed by atoms with E-state index in [1.165, 1.54) is 0 Å². The standard InChI is InChI=1S/C4H5Br4NO2/c5-1-3(7)4(8,2-6)9(10)11/h3H,1-2H2. The molecule has 0 aliphatic carbocycles. The summed E-state index contributed by atoms with van der Waals surface area (Å²) < 4.78 is -1.13. The van der Waals surface area contributed by atoms with Gasteiger partial charge in [0.25, 0.3) is 4.45 Å². The predicted octanol–water partition coefficient (Wildman–Crippen LogP) is 2.91. The first-order valence-electron chi connectivity index (χ1n) is 2.58. The number of nitro groups is 1. The molecule has 0 rings (SSSR count). The Labute approximate surface area is 98.0 Å². The molecule has 0 amide bonds. The number of hydrogen-bond donors (Lipinski definition) is 0. The third-order valence-electron chi connectivity index (χ3n) is 1.11. The Morgan fingerprint density at radius 2 is 2.00 bits per heavy atom. The zero-order valence-electron chi connectivity index (χ0n) is 5.27. The maximum atomic E-state index is 10.5. The van der Waals surface area contributed by atoms with Crippen molar-refractivity contribution in [1.29, 1.82) is 0 Å². The van der Waals surface area contributed by atoms with Crippen LogP contribution in [-0.4, -0.2) is 24.9 Å². The quantitative estimate of drug-likeness (QED) is 0.305. The highest BCUT2D eigenvalue weighted by atomic mass is 79.9. The SMILES string of the molecule is O=[N+]([O-])C(Br)(CBr)C(Br)CBr. The fourth-order valence-corrected chi connectivity index (χ4v) is 2.86. The zero-order valence-corrected chi connectivity index (χ0v) is 11.6. The molecule has 0 saturated heterocycles. The van der Waals surface area contributed by atoms with Crippen molar-refractivity contribution in [3.63, 3.8) is 0 Å². The third kappa shape index (κ3) is 2.93. The van der Waals surface area contributed by atoms with Crippen molar-refractivity contribution in [2.75, 3.05) is 10.7 Å². The Morgan fingerprint density at radius 1 is 1.55 bits per heavy atom. The Morgan fingerprint density at radius 3 is 2.09 bits per heavy atom. The topological polar surface area (TPSA) is 43.1 Å². The second-order valence-corrected chi connectivity index (χ2v) is 5.52. The van der Waals surface area contributed by atoms with Crippen molar-refractivity contribution in [1.82, 2.24) is 0 Å². The summed E-state index contributed by atoms with van der Waals surface area (Å²) in [6.45, 7) is 0. The van der Waals surface area contributed by atoms with Crippen LogP contribution in [0.1, 0.15) is 0 Å². The van der Waals surface area contributed by atoms with Gasteiger partial charge in [-0.05, 0) is 0 Å². The molecule has 0 heterocycles. The lowest BCUT2D eigenvalue weighted by molar-refractivity contribution is -0.527. The van der Waals surface area contributed by atoms with Crippen molar-refractivity contribution in [2.24, 2.45) is 0 Å². The van der Waals surface area contributed by atoms with Crippen molar-refractivity contribution >= 4 is 63.7 Å². The number of rotatable bonds is 4. The maximum absolute atomic E-state index is 10.5. The number of hydrogen-bond acceptors (Lipinski definition) is 2. The molecule has 7 heteroatoms. The zero-order chi connectivity index (χ0) is 9.07. The predicted molar refractivity (Wildman–Crippen MR) is 59.0 cm³/mol. The molecule has 0 aliphatic rings. The summed E-state index contributed by atoms with van der Waals surface area (Å²) in [7, 11) is 0. The van der Waals surface area contributed by atoms with Gasteiger partial charge in [0.15, 0.2) is 0 Å². The molecular weight excluding hydrogens is 414 g/mol. The van der Waals surface area contributed by atoms with Gasteiger partial charge in [-0.2, -0.15) is 0 Å². The van der Waals surface area contributed by atoms with Crippen LogP contribution in [0.25, 0.3) is 0 Å². The van der Waals surface area contributed by atoms with E-state index in [-0.39, 0.29) is 15.1 Å². The molecule has 2 unspecified atom stereocenters. The molecule has 0 aromatic carbocycles. The minimum absolute atomic E-state index is 0.246. The van der Waals surface area contributed by atoms with Crippen molar-refractivity contribution in [3.05, 3.63) is 10.1 Å². The van der Waals surface area contributed by atoms with E-state index in [0.29, 0.717) is 5.33 Å². The van der Waals surface area contributed by atoms with E-state index < -0.39 is 4.45 Å². The van der Waals surface area contributed by atoms with E-state index in [9.17, 15) is 10.1 Å². The molecule has 0 spiro atoms. The molecule has 0 aromatic rings. The first-order chi connectivity index (χ1) is 4.99. The van der Waals surface area contributed by atoms with Crippen LogP contribution in [0.3, 0.4) is 0 Å². The molecule has 2 atom stereocenters. The van der Waals surface area contributed by atoms with Gasteiger partial charge in [-0.3, -0.25) is 10.1 Å². The maximum Gasteiger partial charge on any atom is 0.297 e. The summed E-state index contributed by atoms with van der Waals surface area (Å²) in [4.78, 5) is 9.93. The van der Waals surface area contributed by atoms with E-state index in [1.807, 2.05) is 0 Å². The van der Waals surface area contributed by atoms with E-state index in [0.717, 1.165) is 0 Å². The van der Waals surface area contributed by atoms with Crippen LogP contribution in [-0.2, 0) is 0 Å². The van der Waals surface area contributed by atoms with Gasteiger partial charge < -0.3 is 0 Å². The second kappa shape index (κ2) is 5.14. The van der Waals surface area contributed by atoms with Crippen LogP contribution >= 0.6 is 63.7 Å². The highest BCUT2D eigenvalue weighted by Gasteiger charge is 2.45. The van der Waals surface area contributed by atoms with E-state index in [1.54, 1.807) is 0 Å². The minimum atomic E-state index is -1.13. The normalized spacial score (nSPS) is 18.9. The van der Waals surface area contributed by atoms with E-state index in [4.69, 9.17) is 0 Å².